The van der Waals surface area contributed by atoms with E-state index in [0.717, 1.165) is 24.0 Å². The Labute approximate surface area is 196 Å². The average Bonchev–Trinajstić information content (AvgIpc) is 3.36. The fourth-order valence-electron chi connectivity index (χ4n) is 4.04. The number of methoxy groups -OCH3 is 1. The van der Waals surface area contributed by atoms with Gasteiger partial charge in [0, 0.05) is 31.0 Å². The van der Waals surface area contributed by atoms with E-state index in [-0.39, 0.29) is 18.1 Å². The molecule has 2 aromatic carbocycles. The molecule has 9 heteroatoms. The van der Waals surface area contributed by atoms with Crippen LogP contribution in [0.15, 0.2) is 42.5 Å². The topological polar surface area (TPSA) is 119 Å². The molecule has 4 N–H and O–H groups in total. The number of nitrogens with zero attached hydrogens (tertiary/aromatic N) is 1. The first kappa shape index (κ1) is 22.8. The Bertz CT molecular complexity index is 1180. The molecular weight excluding hydrogens is 444 g/mol. The number of H-pyrrole nitrogens is 1. The van der Waals surface area contributed by atoms with Gasteiger partial charge in [0.05, 0.1) is 13.2 Å². The van der Waals surface area contributed by atoms with E-state index in [0.29, 0.717) is 28.8 Å². The summed E-state index contributed by atoms with van der Waals surface area (Å²) in [4.78, 5) is 30.3. The van der Waals surface area contributed by atoms with Crippen molar-refractivity contribution in [3.8, 4) is 11.3 Å². The number of carbonyl (C=O) groups excluding carboxylic acids is 2. The molecule has 33 heavy (non-hydrogen) atoms. The van der Waals surface area contributed by atoms with Gasteiger partial charge in [0.25, 0.3) is 0 Å². The zero-order chi connectivity index (χ0) is 23.5. The molecule has 1 aromatic heterocycles. The van der Waals surface area contributed by atoms with Gasteiger partial charge in [-0.05, 0) is 35.2 Å². The predicted molar refractivity (Wildman–Crippen MR) is 125 cm³/mol. The van der Waals surface area contributed by atoms with Gasteiger partial charge in [-0.25, -0.2) is 9.78 Å². The zero-order valence-corrected chi connectivity index (χ0v) is 19.1. The summed E-state index contributed by atoms with van der Waals surface area (Å²) in [6, 6.07) is 13.0. The molecule has 4 rings (SSSR count). The van der Waals surface area contributed by atoms with Crippen LogP contribution in [0, 0.1) is 0 Å². The standard InChI is InChI=1S/C24H25ClN4O4/c1-13(30)33-19-11-16-4-3-14(9-17(16)12-19)10-20(26)23-28-21(22(25)29-23)15-5-7-18(8-6-15)27-24(31)32-2/h3-9,19-20H,10-12,26H2,1-2H3,(H,27,31)(H,28,29)/t19?,20-/m0/s1. The van der Waals surface area contributed by atoms with Crippen molar-refractivity contribution in [3.63, 3.8) is 0 Å². The maximum atomic E-state index is 11.3. The second-order valence-electron chi connectivity index (χ2n) is 8.03. The van der Waals surface area contributed by atoms with Crippen molar-refractivity contribution in [2.45, 2.75) is 38.3 Å². The predicted octanol–water partition coefficient (Wildman–Crippen LogP) is 4.18. The van der Waals surface area contributed by atoms with Gasteiger partial charge in [0.2, 0.25) is 0 Å². The van der Waals surface area contributed by atoms with Gasteiger partial charge in [-0.1, -0.05) is 41.9 Å². The fraction of sp³-hybridized carbons (Fsp3) is 0.292. The number of aromatic amines is 1. The molecule has 1 amide bonds. The summed E-state index contributed by atoms with van der Waals surface area (Å²) in [7, 11) is 1.31. The minimum Gasteiger partial charge on any atom is -0.462 e. The summed E-state index contributed by atoms with van der Waals surface area (Å²) in [5.74, 6) is 0.333. The number of anilines is 1. The van der Waals surface area contributed by atoms with Crippen molar-refractivity contribution in [3.05, 3.63) is 70.1 Å². The van der Waals surface area contributed by atoms with Gasteiger partial charge in [0.15, 0.2) is 0 Å². The Morgan fingerprint density at radius 2 is 1.94 bits per heavy atom. The summed E-state index contributed by atoms with van der Waals surface area (Å²) in [6.45, 7) is 1.43. The Balaban J connectivity index is 1.44. The highest BCUT2D eigenvalue weighted by atomic mass is 35.5. The smallest absolute Gasteiger partial charge is 0.411 e. The number of nitrogens with one attached hydrogen (secondary N) is 2. The van der Waals surface area contributed by atoms with Gasteiger partial charge in [-0.2, -0.15) is 0 Å². The van der Waals surface area contributed by atoms with Crippen LogP contribution in [-0.4, -0.2) is 35.2 Å². The van der Waals surface area contributed by atoms with Crippen molar-refractivity contribution in [2.24, 2.45) is 5.73 Å². The van der Waals surface area contributed by atoms with Crippen molar-refractivity contribution in [1.29, 1.82) is 0 Å². The third-order valence-electron chi connectivity index (χ3n) is 5.57. The molecule has 172 valence electrons. The number of amides is 1. The maximum Gasteiger partial charge on any atom is 0.411 e. The molecule has 1 aliphatic rings. The molecule has 0 radical (unpaired) electrons. The number of nitrogens with two attached hydrogens (primary N) is 1. The second kappa shape index (κ2) is 9.64. The number of carbonyl (C=O) groups is 2. The maximum absolute atomic E-state index is 11.3. The molecule has 1 aliphatic carbocycles. The van der Waals surface area contributed by atoms with Crippen LogP contribution in [0.4, 0.5) is 10.5 Å². The van der Waals surface area contributed by atoms with Crippen LogP contribution in [0.3, 0.4) is 0 Å². The highest BCUT2D eigenvalue weighted by molar-refractivity contribution is 6.31. The van der Waals surface area contributed by atoms with E-state index in [4.69, 9.17) is 22.1 Å². The lowest BCUT2D eigenvalue weighted by atomic mass is 10.0. The Morgan fingerprint density at radius 1 is 1.21 bits per heavy atom. The van der Waals surface area contributed by atoms with Crippen molar-refractivity contribution in [1.82, 2.24) is 9.97 Å². The van der Waals surface area contributed by atoms with Crippen LogP contribution in [0.1, 0.15) is 35.5 Å². The number of hydrogen-bond donors (Lipinski definition) is 3. The van der Waals surface area contributed by atoms with Crippen LogP contribution in [0.25, 0.3) is 11.3 Å². The van der Waals surface area contributed by atoms with E-state index < -0.39 is 6.09 Å². The first-order valence-corrected chi connectivity index (χ1v) is 10.9. The molecule has 2 atom stereocenters. The summed E-state index contributed by atoms with van der Waals surface area (Å²) < 4.78 is 9.94. The lowest BCUT2D eigenvalue weighted by Crippen LogP contribution is -2.16. The number of benzene rings is 2. The number of aromatic nitrogens is 2. The first-order valence-electron chi connectivity index (χ1n) is 10.6. The van der Waals surface area contributed by atoms with E-state index >= 15 is 0 Å². The monoisotopic (exact) mass is 468 g/mol. The Kier molecular flexibility index (Phi) is 6.67. The van der Waals surface area contributed by atoms with Gasteiger partial charge in [0.1, 0.15) is 22.8 Å². The summed E-state index contributed by atoms with van der Waals surface area (Å²) in [6.07, 6.45) is 1.41. The van der Waals surface area contributed by atoms with Crippen LogP contribution in [0.5, 0.6) is 0 Å². The van der Waals surface area contributed by atoms with Crippen LogP contribution in [0.2, 0.25) is 5.15 Å². The number of esters is 1. The fourth-order valence-corrected chi connectivity index (χ4v) is 4.29. The summed E-state index contributed by atoms with van der Waals surface area (Å²) >= 11 is 6.40. The first-order chi connectivity index (χ1) is 15.8. The molecule has 1 heterocycles. The highest BCUT2D eigenvalue weighted by Crippen LogP contribution is 2.30. The van der Waals surface area contributed by atoms with Crippen molar-refractivity contribution >= 4 is 29.4 Å². The molecule has 8 nitrogen and oxygen atoms in total. The molecule has 0 spiro atoms. The molecule has 0 bridgehead atoms. The molecule has 0 saturated carbocycles. The Morgan fingerprint density at radius 3 is 2.64 bits per heavy atom. The van der Waals surface area contributed by atoms with Crippen LogP contribution >= 0.6 is 11.6 Å². The summed E-state index contributed by atoms with van der Waals surface area (Å²) in [5.41, 5.74) is 11.9. The number of fused-ring (bicyclic) bond motifs is 1. The van der Waals surface area contributed by atoms with Crippen molar-refractivity contribution < 1.29 is 19.1 Å². The minimum atomic E-state index is -0.540. The minimum absolute atomic E-state index is 0.0953. The lowest BCUT2D eigenvalue weighted by Gasteiger charge is -2.10. The molecule has 3 aromatic rings. The highest BCUT2D eigenvalue weighted by Gasteiger charge is 2.24. The molecule has 0 aliphatic heterocycles. The van der Waals surface area contributed by atoms with Gasteiger partial charge in [-0.15, -0.1) is 0 Å². The third kappa shape index (κ3) is 5.35. The SMILES string of the molecule is COC(=O)Nc1ccc(-c2nc([C@@H](N)Cc3ccc4c(c3)CC(OC(C)=O)C4)[nH]c2Cl)cc1. The Hall–Kier alpha value is -3.36. The molecule has 1 unspecified atom stereocenters. The lowest BCUT2D eigenvalue weighted by molar-refractivity contribution is -0.145. The number of imidazole rings is 1. The number of hydrogen-bond acceptors (Lipinski definition) is 6. The van der Waals surface area contributed by atoms with E-state index in [1.54, 1.807) is 12.1 Å². The van der Waals surface area contributed by atoms with E-state index in [1.807, 2.05) is 18.2 Å². The van der Waals surface area contributed by atoms with Crippen LogP contribution < -0.4 is 11.1 Å². The van der Waals surface area contributed by atoms with Gasteiger partial charge >= 0.3 is 12.1 Å². The third-order valence-corrected chi connectivity index (χ3v) is 5.85. The van der Waals surface area contributed by atoms with Crippen LogP contribution in [-0.2, 0) is 33.5 Å². The normalized spacial score (nSPS) is 15.6. The van der Waals surface area contributed by atoms with Gasteiger partial charge in [-0.3, -0.25) is 10.1 Å². The molecule has 0 saturated heterocycles. The van der Waals surface area contributed by atoms with Gasteiger partial charge < -0.3 is 20.2 Å². The summed E-state index contributed by atoms with van der Waals surface area (Å²) in [5, 5.41) is 2.99. The van der Waals surface area contributed by atoms with Crippen molar-refractivity contribution in [2.75, 3.05) is 12.4 Å². The number of ether oxygens (including phenoxy) is 2. The van der Waals surface area contributed by atoms with E-state index in [9.17, 15) is 9.59 Å². The molecule has 0 fully saturated rings. The van der Waals surface area contributed by atoms with E-state index in [1.165, 1.54) is 25.2 Å². The van der Waals surface area contributed by atoms with E-state index in [2.05, 4.69) is 32.2 Å². The molecular formula is C24H25ClN4O4. The average molecular weight is 469 g/mol. The second-order valence-corrected chi connectivity index (χ2v) is 8.41. The largest absolute Gasteiger partial charge is 0.462 e. The zero-order valence-electron chi connectivity index (χ0n) is 18.4. The number of halogens is 1. The quantitative estimate of drug-likeness (QED) is 0.467. The number of rotatable bonds is 6.